The lowest BCUT2D eigenvalue weighted by molar-refractivity contribution is 0.596. The Hall–Kier alpha value is -1.29. The van der Waals surface area contributed by atoms with Crippen molar-refractivity contribution in [3.8, 4) is 0 Å². The third kappa shape index (κ3) is 3.85. The van der Waals surface area contributed by atoms with Crippen LogP contribution in [0, 0.1) is 0 Å². The lowest BCUT2D eigenvalue weighted by atomic mass is 9.91. The van der Waals surface area contributed by atoms with Gasteiger partial charge in [0, 0.05) is 17.0 Å². The van der Waals surface area contributed by atoms with Gasteiger partial charge in [0.2, 0.25) is 0 Å². The average Bonchev–Trinajstić information content (AvgIpc) is 2.47. The van der Waals surface area contributed by atoms with Crippen molar-refractivity contribution >= 4 is 21.1 Å². The SMILES string of the molecule is CCS(=O)(=O)CCc1ccc(N)c(C2=CCCCC2)c1. The van der Waals surface area contributed by atoms with Crippen LogP contribution < -0.4 is 5.73 Å². The van der Waals surface area contributed by atoms with E-state index in [9.17, 15) is 8.42 Å². The van der Waals surface area contributed by atoms with Gasteiger partial charge in [0.25, 0.3) is 0 Å². The summed E-state index contributed by atoms with van der Waals surface area (Å²) >= 11 is 0. The van der Waals surface area contributed by atoms with E-state index >= 15 is 0 Å². The summed E-state index contributed by atoms with van der Waals surface area (Å²) in [6.07, 6.45) is 7.47. The minimum atomic E-state index is -2.91. The van der Waals surface area contributed by atoms with Gasteiger partial charge in [-0.3, -0.25) is 0 Å². The Balaban J connectivity index is 2.18. The lowest BCUT2D eigenvalue weighted by Crippen LogP contribution is -2.11. The van der Waals surface area contributed by atoms with Crippen molar-refractivity contribution in [2.75, 3.05) is 17.2 Å². The molecule has 0 amide bonds. The van der Waals surface area contributed by atoms with Crippen LogP contribution in [-0.4, -0.2) is 19.9 Å². The maximum absolute atomic E-state index is 11.6. The molecule has 1 aliphatic carbocycles. The van der Waals surface area contributed by atoms with E-state index in [1.165, 1.54) is 18.4 Å². The number of hydrogen-bond donors (Lipinski definition) is 1. The van der Waals surface area contributed by atoms with Crippen LogP contribution >= 0.6 is 0 Å². The van der Waals surface area contributed by atoms with E-state index in [-0.39, 0.29) is 11.5 Å². The van der Waals surface area contributed by atoms with Gasteiger partial charge in [0.15, 0.2) is 0 Å². The molecule has 0 bridgehead atoms. The van der Waals surface area contributed by atoms with Gasteiger partial charge in [-0.25, -0.2) is 8.42 Å². The molecule has 1 aromatic carbocycles. The molecule has 0 aliphatic heterocycles. The smallest absolute Gasteiger partial charge is 0.150 e. The molecule has 1 aromatic rings. The quantitative estimate of drug-likeness (QED) is 0.848. The molecule has 20 heavy (non-hydrogen) atoms. The molecule has 0 radical (unpaired) electrons. The van der Waals surface area contributed by atoms with Crippen LogP contribution in [0.15, 0.2) is 24.3 Å². The topological polar surface area (TPSA) is 60.2 Å². The molecule has 0 atom stereocenters. The molecule has 4 heteroatoms. The molecule has 0 unspecified atom stereocenters. The second kappa shape index (κ2) is 6.44. The van der Waals surface area contributed by atoms with Crippen LogP contribution in [-0.2, 0) is 16.3 Å². The molecule has 2 N–H and O–H groups in total. The normalized spacial score (nSPS) is 15.9. The number of nitrogens with two attached hydrogens (primary N) is 1. The fraction of sp³-hybridized carbons (Fsp3) is 0.500. The molecule has 1 aliphatic rings. The van der Waals surface area contributed by atoms with Gasteiger partial charge in [-0.15, -0.1) is 0 Å². The molecule has 2 rings (SSSR count). The highest BCUT2D eigenvalue weighted by atomic mass is 32.2. The van der Waals surface area contributed by atoms with Crippen molar-refractivity contribution < 1.29 is 8.42 Å². The Morgan fingerprint density at radius 2 is 2.05 bits per heavy atom. The minimum Gasteiger partial charge on any atom is -0.398 e. The Bertz CT molecular complexity index is 603. The number of anilines is 1. The molecular formula is C16H23NO2S. The monoisotopic (exact) mass is 293 g/mol. The number of rotatable bonds is 5. The number of sulfone groups is 1. The van der Waals surface area contributed by atoms with Crippen molar-refractivity contribution in [1.29, 1.82) is 0 Å². The minimum absolute atomic E-state index is 0.208. The van der Waals surface area contributed by atoms with Crippen LogP contribution in [0.2, 0.25) is 0 Å². The van der Waals surface area contributed by atoms with Crippen molar-refractivity contribution in [2.45, 2.75) is 39.0 Å². The standard InChI is InChI=1S/C16H23NO2S/c1-2-20(18,19)11-10-13-8-9-16(17)15(12-13)14-6-4-3-5-7-14/h6,8-9,12H,2-5,7,10-11,17H2,1H3. The molecular weight excluding hydrogens is 270 g/mol. The zero-order valence-electron chi connectivity index (χ0n) is 12.1. The highest BCUT2D eigenvalue weighted by Gasteiger charge is 2.12. The van der Waals surface area contributed by atoms with Crippen molar-refractivity contribution in [2.24, 2.45) is 0 Å². The molecule has 0 saturated heterocycles. The van der Waals surface area contributed by atoms with Crippen LogP contribution in [0.1, 0.15) is 43.7 Å². The van der Waals surface area contributed by atoms with Gasteiger partial charge in [0.1, 0.15) is 9.84 Å². The first kappa shape index (κ1) is 15.1. The van der Waals surface area contributed by atoms with E-state index < -0.39 is 9.84 Å². The van der Waals surface area contributed by atoms with E-state index in [0.29, 0.717) is 6.42 Å². The number of benzene rings is 1. The second-order valence-electron chi connectivity index (χ2n) is 5.38. The van der Waals surface area contributed by atoms with Crippen LogP contribution in [0.25, 0.3) is 5.57 Å². The number of hydrogen-bond acceptors (Lipinski definition) is 3. The van der Waals surface area contributed by atoms with E-state index in [1.807, 2.05) is 12.1 Å². The number of aryl methyl sites for hydroxylation is 1. The maximum atomic E-state index is 11.6. The molecule has 3 nitrogen and oxygen atoms in total. The molecule has 0 saturated carbocycles. The van der Waals surface area contributed by atoms with Gasteiger partial charge < -0.3 is 5.73 Å². The fourth-order valence-corrected chi connectivity index (χ4v) is 3.37. The predicted octanol–water partition coefficient (Wildman–Crippen LogP) is 3.20. The maximum Gasteiger partial charge on any atom is 0.150 e. The first-order chi connectivity index (χ1) is 9.52. The predicted molar refractivity (Wildman–Crippen MR) is 85.3 cm³/mol. The Morgan fingerprint density at radius 1 is 1.25 bits per heavy atom. The van der Waals surface area contributed by atoms with Crippen LogP contribution in [0.5, 0.6) is 0 Å². The highest BCUT2D eigenvalue weighted by Crippen LogP contribution is 2.31. The fourth-order valence-electron chi connectivity index (χ4n) is 2.54. The van der Waals surface area contributed by atoms with Crippen molar-refractivity contribution in [3.05, 3.63) is 35.4 Å². The summed E-state index contributed by atoms with van der Waals surface area (Å²) in [5, 5.41) is 0. The first-order valence-electron chi connectivity index (χ1n) is 7.30. The van der Waals surface area contributed by atoms with Crippen LogP contribution in [0.4, 0.5) is 5.69 Å². The molecule has 0 fully saturated rings. The summed E-state index contributed by atoms with van der Waals surface area (Å²) in [7, 11) is -2.91. The molecule has 0 aromatic heterocycles. The molecule has 0 spiro atoms. The molecule has 110 valence electrons. The van der Waals surface area contributed by atoms with Gasteiger partial charge >= 0.3 is 0 Å². The number of allylic oxidation sites excluding steroid dienone is 2. The van der Waals surface area contributed by atoms with Gasteiger partial charge in [-0.2, -0.15) is 0 Å². The van der Waals surface area contributed by atoms with E-state index in [4.69, 9.17) is 5.73 Å². The summed E-state index contributed by atoms with van der Waals surface area (Å²) in [5.41, 5.74) is 10.3. The lowest BCUT2D eigenvalue weighted by Gasteiger charge is -2.16. The largest absolute Gasteiger partial charge is 0.398 e. The summed E-state index contributed by atoms with van der Waals surface area (Å²) in [5.74, 6) is 0.423. The molecule has 0 heterocycles. The summed E-state index contributed by atoms with van der Waals surface area (Å²) in [4.78, 5) is 0. The average molecular weight is 293 g/mol. The van der Waals surface area contributed by atoms with E-state index in [1.54, 1.807) is 6.92 Å². The third-order valence-electron chi connectivity index (χ3n) is 3.90. The van der Waals surface area contributed by atoms with E-state index in [0.717, 1.165) is 29.7 Å². The Morgan fingerprint density at radius 3 is 2.70 bits per heavy atom. The summed E-state index contributed by atoms with van der Waals surface area (Å²) in [6.45, 7) is 1.69. The Kier molecular flexibility index (Phi) is 4.86. The van der Waals surface area contributed by atoms with Gasteiger partial charge in [0.05, 0.1) is 5.75 Å². The Labute approximate surface area is 121 Å². The van der Waals surface area contributed by atoms with Gasteiger partial charge in [-0.05, 0) is 55.4 Å². The van der Waals surface area contributed by atoms with E-state index in [2.05, 4.69) is 12.1 Å². The van der Waals surface area contributed by atoms with Crippen molar-refractivity contribution in [1.82, 2.24) is 0 Å². The summed E-state index contributed by atoms with van der Waals surface area (Å²) < 4.78 is 23.2. The second-order valence-corrected chi connectivity index (χ2v) is 7.86. The van der Waals surface area contributed by atoms with Crippen molar-refractivity contribution in [3.63, 3.8) is 0 Å². The highest BCUT2D eigenvalue weighted by molar-refractivity contribution is 7.91. The zero-order valence-corrected chi connectivity index (χ0v) is 12.9. The zero-order chi connectivity index (χ0) is 14.6. The van der Waals surface area contributed by atoms with Gasteiger partial charge in [-0.1, -0.05) is 19.1 Å². The number of nitrogen functional groups attached to an aromatic ring is 1. The third-order valence-corrected chi connectivity index (χ3v) is 5.60. The first-order valence-corrected chi connectivity index (χ1v) is 9.12. The summed E-state index contributed by atoms with van der Waals surface area (Å²) in [6, 6.07) is 5.91. The van der Waals surface area contributed by atoms with Crippen LogP contribution in [0.3, 0.4) is 0 Å².